The maximum atomic E-state index is 12.1. The summed E-state index contributed by atoms with van der Waals surface area (Å²) in [4.78, 5) is 12.1. The monoisotopic (exact) mass is 286 g/mol. The van der Waals surface area contributed by atoms with Crippen LogP contribution in [0.3, 0.4) is 0 Å². The number of nitrogens with one attached hydrogen (secondary N) is 2. The largest absolute Gasteiger partial charge is 0.349 e. The van der Waals surface area contributed by atoms with Crippen LogP contribution in [-0.2, 0) is 0 Å². The Balaban J connectivity index is 2.07. The molecule has 0 aromatic heterocycles. The lowest BCUT2D eigenvalue weighted by molar-refractivity contribution is 0.0914. The number of rotatable bonds is 2. The second kappa shape index (κ2) is 5.91. The highest BCUT2D eigenvalue weighted by Crippen LogP contribution is 2.21. The van der Waals surface area contributed by atoms with E-state index in [-0.39, 0.29) is 11.9 Å². The van der Waals surface area contributed by atoms with Crippen LogP contribution in [0.15, 0.2) is 18.2 Å². The molecule has 0 aliphatic carbocycles. The van der Waals surface area contributed by atoms with Gasteiger partial charge in [0.2, 0.25) is 0 Å². The summed E-state index contributed by atoms with van der Waals surface area (Å²) < 4.78 is 0. The number of carbonyl (C=O) groups is 1. The molecular formula is C13H16Cl2N2O. The smallest absolute Gasteiger partial charge is 0.253 e. The molecule has 98 valence electrons. The Morgan fingerprint density at radius 2 is 2.22 bits per heavy atom. The summed E-state index contributed by atoms with van der Waals surface area (Å²) in [7, 11) is 0. The van der Waals surface area contributed by atoms with E-state index >= 15 is 0 Å². The summed E-state index contributed by atoms with van der Waals surface area (Å²) in [6.45, 7) is 3.99. The summed E-state index contributed by atoms with van der Waals surface area (Å²) in [6, 6.07) is 5.12. The minimum absolute atomic E-state index is 0.129. The van der Waals surface area contributed by atoms with Crippen molar-refractivity contribution in [3.63, 3.8) is 0 Å². The van der Waals surface area contributed by atoms with Gasteiger partial charge in [0.15, 0.2) is 0 Å². The Hall–Kier alpha value is -0.770. The zero-order chi connectivity index (χ0) is 13.1. The van der Waals surface area contributed by atoms with Crippen molar-refractivity contribution in [2.75, 3.05) is 13.1 Å². The van der Waals surface area contributed by atoms with Gasteiger partial charge in [0.05, 0.1) is 10.6 Å². The number of amides is 1. The molecule has 2 atom stereocenters. The van der Waals surface area contributed by atoms with E-state index in [1.807, 2.05) is 0 Å². The van der Waals surface area contributed by atoms with Crippen molar-refractivity contribution in [2.45, 2.75) is 19.4 Å². The highest BCUT2D eigenvalue weighted by Gasteiger charge is 2.23. The van der Waals surface area contributed by atoms with Crippen molar-refractivity contribution >= 4 is 29.1 Å². The van der Waals surface area contributed by atoms with Crippen molar-refractivity contribution in [1.82, 2.24) is 10.6 Å². The second-order valence-electron chi connectivity index (χ2n) is 4.67. The van der Waals surface area contributed by atoms with E-state index < -0.39 is 0 Å². The number of carbonyl (C=O) groups excluding carboxylic acids is 1. The van der Waals surface area contributed by atoms with Gasteiger partial charge in [-0.15, -0.1) is 0 Å². The molecule has 1 aliphatic heterocycles. The van der Waals surface area contributed by atoms with Gasteiger partial charge in [0, 0.05) is 11.1 Å². The number of benzene rings is 1. The SMILES string of the molecule is CC1CNCCC1NC(=O)c1ccc(Cl)cc1Cl. The predicted octanol–water partition coefficient (Wildman–Crippen LogP) is 2.72. The molecule has 2 rings (SSSR count). The number of hydrogen-bond donors (Lipinski definition) is 2. The third-order valence-electron chi connectivity index (χ3n) is 3.28. The third-order valence-corrected chi connectivity index (χ3v) is 3.83. The molecule has 2 N–H and O–H groups in total. The third kappa shape index (κ3) is 3.16. The maximum absolute atomic E-state index is 12.1. The van der Waals surface area contributed by atoms with Crippen LogP contribution in [0.1, 0.15) is 23.7 Å². The predicted molar refractivity (Wildman–Crippen MR) is 74.4 cm³/mol. The number of hydrogen-bond acceptors (Lipinski definition) is 2. The van der Waals surface area contributed by atoms with Crippen LogP contribution in [0.25, 0.3) is 0 Å². The minimum Gasteiger partial charge on any atom is -0.349 e. The Kier molecular flexibility index (Phi) is 4.49. The molecule has 1 amide bonds. The zero-order valence-corrected chi connectivity index (χ0v) is 11.7. The molecular weight excluding hydrogens is 271 g/mol. The van der Waals surface area contributed by atoms with E-state index in [0.29, 0.717) is 21.5 Å². The molecule has 3 nitrogen and oxygen atoms in total. The molecule has 1 aromatic carbocycles. The van der Waals surface area contributed by atoms with Crippen LogP contribution in [0.4, 0.5) is 0 Å². The van der Waals surface area contributed by atoms with Crippen LogP contribution in [0.2, 0.25) is 10.0 Å². The van der Waals surface area contributed by atoms with Gasteiger partial charge in [0.25, 0.3) is 5.91 Å². The summed E-state index contributed by atoms with van der Waals surface area (Å²) in [5, 5.41) is 7.26. The van der Waals surface area contributed by atoms with Gasteiger partial charge < -0.3 is 10.6 Å². The highest BCUT2D eigenvalue weighted by molar-refractivity contribution is 6.36. The summed E-state index contributed by atoms with van der Waals surface area (Å²) >= 11 is 11.8. The van der Waals surface area contributed by atoms with Gasteiger partial charge in [-0.2, -0.15) is 0 Å². The first kappa shape index (κ1) is 13.7. The minimum atomic E-state index is -0.129. The number of piperidine rings is 1. The zero-order valence-electron chi connectivity index (χ0n) is 10.2. The maximum Gasteiger partial charge on any atom is 0.253 e. The van der Waals surface area contributed by atoms with E-state index in [1.54, 1.807) is 18.2 Å². The summed E-state index contributed by atoms with van der Waals surface area (Å²) in [5.41, 5.74) is 0.479. The van der Waals surface area contributed by atoms with Gasteiger partial charge in [-0.3, -0.25) is 4.79 Å². The van der Waals surface area contributed by atoms with E-state index in [9.17, 15) is 4.79 Å². The molecule has 5 heteroatoms. The topological polar surface area (TPSA) is 41.1 Å². The standard InChI is InChI=1S/C13H16Cl2N2O/c1-8-7-16-5-4-12(8)17-13(18)10-3-2-9(14)6-11(10)15/h2-3,6,8,12,16H,4-5,7H2,1H3,(H,17,18). The molecule has 0 saturated carbocycles. The molecule has 1 fully saturated rings. The lowest BCUT2D eigenvalue weighted by Gasteiger charge is -2.30. The Morgan fingerprint density at radius 1 is 1.44 bits per heavy atom. The van der Waals surface area contributed by atoms with Crippen molar-refractivity contribution in [1.29, 1.82) is 0 Å². The van der Waals surface area contributed by atoms with E-state index in [1.165, 1.54) is 0 Å². The molecule has 18 heavy (non-hydrogen) atoms. The average Bonchev–Trinajstić information content (AvgIpc) is 2.32. The number of halogens is 2. The fourth-order valence-electron chi connectivity index (χ4n) is 2.15. The molecule has 1 aliphatic rings. The molecule has 1 aromatic rings. The highest BCUT2D eigenvalue weighted by atomic mass is 35.5. The van der Waals surface area contributed by atoms with Gasteiger partial charge in [-0.25, -0.2) is 0 Å². The van der Waals surface area contributed by atoms with Gasteiger partial charge in [-0.1, -0.05) is 30.1 Å². The van der Waals surface area contributed by atoms with Crippen molar-refractivity contribution in [3.05, 3.63) is 33.8 Å². The Morgan fingerprint density at radius 3 is 2.89 bits per heavy atom. The van der Waals surface area contributed by atoms with Crippen LogP contribution >= 0.6 is 23.2 Å². The molecule has 0 bridgehead atoms. The normalized spacial score (nSPS) is 23.7. The average molecular weight is 287 g/mol. The summed E-state index contributed by atoms with van der Waals surface area (Å²) in [5.74, 6) is 0.296. The van der Waals surface area contributed by atoms with Crippen LogP contribution < -0.4 is 10.6 Å². The molecule has 0 radical (unpaired) electrons. The van der Waals surface area contributed by atoms with E-state index in [0.717, 1.165) is 19.5 Å². The molecule has 1 heterocycles. The Bertz CT molecular complexity index is 451. The lowest BCUT2D eigenvalue weighted by Crippen LogP contribution is -2.48. The lowest BCUT2D eigenvalue weighted by atomic mass is 9.95. The van der Waals surface area contributed by atoms with Crippen LogP contribution in [0, 0.1) is 5.92 Å². The fraction of sp³-hybridized carbons (Fsp3) is 0.462. The first-order valence-electron chi connectivity index (χ1n) is 6.04. The van der Waals surface area contributed by atoms with E-state index in [2.05, 4.69) is 17.6 Å². The summed E-state index contributed by atoms with van der Waals surface area (Å²) in [6.07, 6.45) is 0.943. The van der Waals surface area contributed by atoms with Gasteiger partial charge in [0.1, 0.15) is 0 Å². The molecule has 0 spiro atoms. The van der Waals surface area contributed by atoms with Crippen molar-refractivity contribution in [3.8, 4) is 0 Å². The van der Waals surface area contributed by atoms with Gasteiger partial charge in [-0.05, 0) is 43.6 Å². The van der Waals surface area contributed by atoms with Crippen LogP contribution in [0.5, 0.6) is 0 Å². The van der Waals surface area contributed by atoms with Gasteiger partial charge >= 0.3 is 0 Å². The quantitative estimate of drug-likeness (QED) is 0.878. The Labute approximate surface area is 117 Å². The molecule has 1 saturated heterocycles. The molecule has 2 unspecified atom stereocenters. The van der Waals surface area contributed by atoms with Crippen molar-refractivity contribution < 1.29 is 4.79 Å². The first-order valence-corrected chi connectivity index (χ1v) is 6.80. The van der Waals surface area contributed by atoms with Crippen molar-refractivity contribution in [2.24, 2.45) is 5.92 Å². The second-order valence-corrected chi connectivity index (χ2v) is 5.52. The fourth-order valence-corrected chi connectivity index (χ4v) is 2.64. The van der Waals surface area contributed by atoms with Crippen LogP contribution in [-0.4, -0.2) is 25.0 Å². The first-order chi connectivity index (χ1) is 8.58. The van der Waals surface area contributed by atoms with E-state index in [4.69, 9.17) is 23.2 Å².